The van der Waals surface area contributed by atoms with E-state index >= 15 is 0 Å². The third-order valence-corrected chi connectivity index (χ3v) is 4.53. The number of aromatic amines is 1. The van der Waals surface area contributed by atoms with Gasteiger partial charge in [0.1, 0.15) is 11.6 Å². The molecule has 2 aromatic rings. The fraction of sp³-hybridized carbons (Fsp3) is 0.529. The maximum absolute atomic E-state index is 12.0. The van der Waals surface area contributed by atoms with E-state index in [1.54, 1.807) is 19.2 Å². The Hall–Kier alpha value is -2.44. The van der Waals surface area contributed by atoms with Crippen molar-refractivity contribution >= 4 is 5.91 Å². The molecule has 1 aliphatic rings. The van der Waals surface area contributed by atoms with Crippen molar-refractivity contribution in [3.63, 3.8) is 0 Å². The van der Waals surface area contributed by atoms with E-state index in [0.717, 1.165) is 37.3 Å². The molecule has 2 N–H and O–H groups in total. The van der Waals surface area contributed by atoms with Crippen molar-refractivity contribution in [2.45, 2.75) is 58.0 Å². The van der Waals surface area contributed by atoms with E-state index in [2.05, 4.69) is 20.3 Å². The molecule has 0 radical (unpaired) electrons. The number of nitrogens with zero attached hydrogens (tertiary/aromatic N) is 3. The van der Waals surface area contributed by atoms with Gasteiger partial charge in [0.05, 0.1) is 5.69 Å². The number of hydrogen-bond acceptors (Lipinski definition) is 4. The SMILES string of the molecule is Cc1nc(C2CC(NC(=O)CCCn3ccnc3C)C2)cc(=O)[nH]1. The molecule has 128 valence electrons. The van der Waals surface area contributed by atoms with Crippen LogP contribution in [0.1, 0.15) is 48.9 Å². The van der Waals surface area contributed by atoms with Gasteiger partial charge >= 0.3 is 0 Å². The van der Waals surface area contributed by atoms with Crippen LogP contribution in [0, 0.1) is 13.8 Å². The molecule has 0 unspecified atom stereocenters. The molecule has 1 aliphatic carbocycles. The fourth-order valence-electron chi connectivity index (χ4n) is 3.14. The summed E-state index contributed by atoms with van der Waals surface area (Å²) in [4.78, 5) is 34.7. The van der Waals surface area contributed by atoms with Crippen LogP contribution in [0.2, 0.25) is 0 Å². The number of carbonyl (C=O) groups is 1. The Morgan fingerprint density at radius 1 is 1.42 bits per heavy atom. The molecular weight excluding hydrogens is 306 g/mol. The number of nitrogens with one attached hydrogen (secondary N) is 2. The summed E-state index contributed by atoms with van der Waals surface area (Å²) in [7, 11) is 0. The second-order valence-electron chi connectivity index (χ2n) is 6.46. The highest BCUT2D eigenvalue weighted by Gasteiger charge is 2.32. The molecule has 2 aromatic heterocycles. The molecule has 7 heteroatoms. The lowest BCUT2D eigenvalue weighted by molar-refractivity contribution is -0.122. The normalized spacial score (nSPS) is 19.8. The first-order valence-electron chi connectivity index (χ1n) is 8.36. The molecular formula is C17H23N5O2. The molecule has 1 fully saturated rings. The third kappa shape index (κ3) is 3.90. The van der Waals surface area contributed by atoms with Gasteiger partial charge in [-0.1, -0.05) is 0 Å². The van der Waals surface area contributed by atoms with Gasteiger partial charge < -0.3 is 14.9 Å². The highest BCUT2D eigenvalue weighted by Crippen LogP contribution is 2.35. The molecule has 0 bridgehead atoms. The highest BCUT2D eigenvalue weighted by atomic mass is 16.1. The Morgan fingerprint density at radius 2 is 2.21 bits per heavy atom. The summed E-state index contributed by atoms with van der Waals surface area (Å²) in [6.45, 7) is 4.55. The number of aryl methyl sites for hydroxylation is 3. The number of carbonyl (C=O) groups excluding carboxylic acids is 1. The first-order valence-corrected chi connectivity index (χ1v) is 8.36. The molecule has 0 saturated heterocycles. The molecule has 0 spiro atoms. The van der Waals surface area contributed by atoms with Crippen molar-refractivity contribution in [1.29, 1.82) is 0 Å². The number of rotatable bonds is 6. The predicted molar refractivity (Wildman–Crippen MR) is 89.7 cm³/mol. The maximum Gasteiger partial charge on any atom is 0.251 e. The van der Waals surface area contributed by atoms with Gasteiger partial charge in [0.2, 0.25) is 5.91 Å². The van der Waals surface area contributed by atoms with Crippen LogP contribution in [0.4, 0.5) is 0 Å². The third-order valence-electron chi connectivity index (χ3n) is 4.53. The molecule has 24 heavy (non-hydrogen) atoms. The zero-order chi connectivity index (χ0) is 17.1. The quantitative estimate of drug-likeness (QED) is 0.838. The molecule has 7 nitrogen and oxygen atoms in total. The van der Waals surface area contributed by atoms with Crippen molar-refractivity contribution in [3.05, 3.63) is 46.2 Å². The molecule has 3 rings (SSSR count). The van der Waals surface area contributed by atoms with Crippen LogP contribution in [-0.2, 0) is 11.3 Å². The summed E-state index contributed by atoms with van der Waals surface area (Å²) in [5.41, 5.74) is 0.720. The van der Waals surface area contributed by atoms with E-state index in [9.17, 15) is 9.59 Å². The molecule has 2 heterocycles. The smallest absolute Gasteiger partial charge is 0.251 e. The average molecular weight is 329 g/mol. The van der Waals surface area contributed by atoms with Crippen molar-refractivity contribution in [3.8, 4) is 0 Å². The van der Waals surface area contributed by atoms with Crippen LogP contribution in [0.5, 0.6) is 0 Å². The van der Waals surface area contributed by atoms with Gasteiger partial charge in [-0.3, -0.25) is 9.59 Å². The van der Waals surface area contributed by atoms with Gasteiger partial charge in [0.15, 0.2) is 0 Å². The molecule has 1 amide bonds. The number of hydrogen-bond donors (Lipinski definition) is 2. The lowest BCUT2D eigenvalue weighted by Gasteiger charge is -2.35. The lowest BCUT2D eigenvalue weighted by atomic mass is 9.78. The van der Waals surface area contributed by atoms with E-state index in [1.165, 1.54) is 0 Å². The van der Waals surface area contributed by atoms with Crippen LogP contribution in [0.15, 0.2) is 23.3 Å². The van der Waals surface area contributed by atoms with E-state index in [-0.39, 0.29) is 23.4 Å². The second kappa shape index (κ2) is 6.98. The molecule has 1 saturated carbocycles. The molecule has 0 atom stereocenters. The van der Waals surface area contributed by atoms with Crippen molar-refractivity contribution in [1.82, 2.24) is 24.8 Å². The van der Waals surface area contributed by atoms with E-state index < -0.39 is 0 Å². The largest absolute Gasteiger partial charge is 0.353 e. The minimum absolute atomic E-state index is 0.0891. The average Bonchev–Trinajstić information content (AvgIpc) is 2.87. The van der Waals surface area contributed by atoms with Crippen LogP contribution >= 0.6 is 0 Å². The highest BCUT2D eigenvalue weighted by molar-refractivity contribution is 5.76. The summed E-state index contributed by atoms with van der Waals surface area (Å²) < 4.78 is 2.05. The lowest BCUT2D eigenvalue weighted by Crippen LogP contribution is -2.43. The molecule has 0 aliphatic heterocycles. The van der Waals surface area contributed by atoms with Gasteiger partial charge in [0, 0.05) is 43.4 Å². The van der Waals surface area contributed by atoms with Gasteiger partial charge in [-0.2, -0.15) is 0 Å². The zero-order valence-corrected chi connectivity index (χ0v) is 14.1. The Morgan fingerprint density at radius 3 is 2.88 bits per heavy atom. The number of imidazole rings is 1. The van der Waals surface area contributed by atoms with Gasteiger partial charge in [-0.15, -0.1) is 0 Å². The van der Waals surface area contributed by atoms with E-state index in [1.807, 2.05) is 17.7 Å². The summed E-state index contributed by atoms with van der Waals surface area (Å²) in [5, 5.41) is 3.06. The van der Waals surface area contributed by atoms with Crippen molar-refractivity contribution in [2.24, 2.45) is 0 Å². The van der Waals surface area contributed by atoms with Crippen molar-refractivity contribution < 1.29 is 4.79 Å². The first kappa shape index (κ1) is 16.4. The van der Waals surface area contributed by atoms with Gasteiger partial charge in [-0.25, -0.2) is 9.97 Å². The summed E-state index contributed by atoms with van der Waals surface area (Å²) in [5.74, 6) is 1.97. The van der Waals surface area contributed by atoms with Crippen LogP contribution in [0.25, 0.3) is 0 Å². The van der Waals surface area contributed by atoms with Crippen LogP contribution < -0.4 is 10.9 Å². The minimum atomic E-state index is -0.111. The standard InChI is InChI=1S/C17H23N5O2/c1-11-19-15(10-17(24)20-11)13-8-14(9-13)21-16(23)4-3-6-22-7-5-18-12(22)2/h5,7,10,13-14H,3-4,6,8-9H2,1-2H3,(H,21,23)(H,19,20,24). The van der Waals surface area contributed by atoms with Crippen LogP contribution in [-0.4, -0.2) is 31.5 Å². The second-order valence-corrected chi connectivity index (χ2v) is 6.46. The number of aromatic nitrogens is 4. The van der Waals surface area contributed by atoms with Gasteiger partial charge in [-0.05, 0) is 33.1 Å². The number of H-pyrrole nitrogens is 1. The van der Waals surface area contributed by atoms with Gasteiger partial charge in [0.25, 0.3) is 5.56 Å². The summed E-state index contributed by atoms with van der Waals surface area (Å²) >= 11 is 0. The fourth-order valence-corrected chi connectivity index (χ4v) is 3.14. The monoisotopic (exact) mass is 329 g/mol. The molecule has 0 aromatic carbocycles. The predicted octanol–water partition coefficient (Wildman–Crippen LogP) is 1.43. The topological polar surface area (TPSA) is 92.7 Å². The Labute approximate surface area is 140 Å². The number of amides is 1. The maximum atomic E-state index is 12.0. The Balaban J connectivity index is 1.39. The van der Waals surface area contributed by atoms with E-state index in [4.69, 9.17) is 0 Å². The Bertz CT molecular complexity index is 773. The first-order chi connectivity index (χ1) is 11.5. The van der Waals surface area contributed by atoms with E-state index in [0.29, 0.717) is 12.2 Å². The summed E-state index contributed by atoms with van der Waals surface area (Å²) in [6, 6.07) is 1.75. The summed E-state index contributed by atoms with van der Waals surface area (Å²) in [6.07, 6.45) is 6.72. The minimum Gasteiger partial charge on any atom is -0.353 e. The Kier molecular flexibility index (Phi) is 4.78. The van der Waals surface area contributed by atoms with Crippen LogP contribution in [0.3, 0.4) is 0 Å². The van der Waals surface area contributed by atoms with Crippen molar-refractivity contribution in [2.75, 3.05) is 0 Å². The zero-order valence-electron chi connectivity index (χ0n) is 14.1.